The maximum Gasteiger partial charge on any atom is 0.243 e. The Morgan fingerprint density at radius 2 is 1.90 bits per heavy atom. The maximum absolute atomic E-state index is 11.8. The fourth-order valence-corrected chi connectivity index (χ4v) is 1.96. The summed E-state index contributed by atoms with van der Waals surface area (Å²) in [6, 6.07) is 9.62. The Balaban J connectivity index is 2.38. The highest BCUT2D eigenvalue weighted by Crippen LogP contribution is 2.09. The van der Waals surface area contributed by atoms with Crippen LogP contribution in [0.25, 0.3) is 0 Å². The number of hydrogen-bond donors (Lipinski definition) is 2. The Labute approximate surface area is 127 Å². The average Bonchev–Trinajstić information content (AvgIpc) is 2.45. The van der Waals surface area contributed by atoms with Crippen molar-refractivity contribution in [3.05, 3.63) is 59.2 Å². The predicted molar refractivity (Wildman–Crippen MR) is 88.8 cm³/mol. The molecule has 0 aliphatic rings. The van der Waals surface area contributed by atoms with Gasteiger partial charge in [-0.05, 0) is 39.2 Å². The first kappa shape index (κ1) is 17.2. The van der Waals surface area contributed by atoms with Crippen molar-refractivity contribution in [1.82, 2.24) is 5.32 Å². The van der Waals surface area contributed by atoms with Gasteiger partial charge < -0.3 is 11.1 Å². The van der Waals surface area contributed by atoms with Crippen molar-refractivity contribution in [3.63, 3.8) is 0 Å². The molecule has 1 aromatic carbocycles. The third-order valence-electron chi connectivity index (χ3n) is 3.19. The van der Waals surface area contributed by atoms with Crippen molar-refractivity contribution in [2.45, 2.75) is 39.7 Å². The van der Waals surface area contributed by atoms with E-state index in [1.807, 2.05) is 37.3 Å². The molecule has 0 fully saturated rings. The SMILES string of the molecule is CC(C)=CCC/C(C)=C/C(=O)NCC(N)c1ccccc1. The summed E-state index contributed by atoms with van der Waals surface area (Å²) in [7, 11) is 0. The number of carbonyl (C=O) groups excluding carboxylic acids is 1. The van der Waals surface area contributed by atoms with Crippen molar-refractivity contribution in [1.29, 1.82) is 0 Å². The molecule has 0 aliphatic carbocycles. The first-order valence-electron chi connectivity index (χ1n) is 7.38. The van der Waals surface area contributed by atoms with Crippen LogP contribution in [0.2, 0.25) is 0 Å². The highest BCUT2D eigenvalue weighted by molar-refractivity contribution is 5.88. The highest BCUT2D eigenvalue weighted by atomic mass is 16.1. The van der Waals surface area contributed by atoms with Gasteiger partial charge in [0.1, 0.15) is 0 Å². The molecule has 3 heteroatoms. The molecule has 114 valence electrons. The smallest absolute Gasteiger partial charge is 0.243 e. The Hall–Kier alpha value is -1.87. The largest absolute Gasteiger partial charge is 0.351 e. The second-order valence-electron chi connectivity index (χ2n) is 5.57. The number of hydrogen-bond acceptors (Lipinski definition) is 2. The molecule has 1 rings (SSSR count). The molecule has 0 aliphatic heterocycles. The average molecular weight is 286 g/mol. The molecular weight excluding hydrogens is 260 g/mol. The van der Waals surface area contributed by atoms with Crippen LogP contribution >= 0.6 is 0 Å². The molecular formula is C18H26N2O. The minimum Gasteiger partial charge on any atom is -0.351 e. The fourth-order valence-electron chi connectivity index (χ4n) is 1.96. The molecule has 0 heterocycles. The van der Waals surface area contributed by atoms with Gasteiger partial charge in [0, 0.05) is 18.7 Å². The number of nitrogens with two attached hydrogens (primary N) is 1. The van der Waals surface area contributed by atoms with Gasteiger partial charge in [-0.2, -0.15) is 0 Å². The lowest BCUT2D eigenvalue weighted by Crippen LogP contribution is -2.30. The molecule has 1 amide bonds. The Morgan fingerprint density at radius 1 is 1.24 bits per heavy atom. The number of allylic oxidation sites excluding steroid dienone is 3. The van der Waals surface area contributed by atoms with Crippen LogP contribution in [0.4, 0.5) is 0 Å². The lowest BCUT2D eigenvalue weighted by atomic mass is 10.1. The normalized spacial score (nSPS) is 12.7. The van der Waals surface area contributed by atoms with Crippen LogP contribution in [-0.2, 0) is 4.79 Å². The number of nitrogens with one attached hydrogen (secondary N) is 1. The summed E-state index contributed by atoms with van der Waals surface area (Å²) in [6.45, 7) is 6.59. The number of benzene rings is 1. The third kappa shape index (κ3) is 7.47. The second-order valence-corrected chi connectivity index (χ2v) is 5.57. The number of amides is 1. The standard InChI is InChI=1S/C18H26N2O/c1-14(2)8-7-9-15(3)12-18(21)20-13-17(19)16-10-5-4-6-11-16/h4-6,8,10-12,17H,7,9,13,19H2,1-3H3,(H,20,21)/b15-12+. The topological polar surface area (TPSA) is 55.1 Å². The first-order chi connectivity index (χ1) is 9.99. The van der Waals surface area contributed by atoms with E-state index in [-0.39, 0.29) is 11.9 Å². The Kier molecular flexibility index (Phi) is 7.48. The minimum atomic E-state index is -0.172. The van der Waals surface area contributed by atoms with Gasteiger partial charge in [-0.15, -0.1) is 0 Å². The van der Waals surface area contributed by atoms with Gasteiger partial charge in [0.25, 0.3) is 0 Å². The summed E-state index contributed by atoms with van der Waals surface area (Å²) in [5.41, 5.74) is 9.46. The van der Waals surface area contributed by atoms with E-state index in [9.17, 15) is 4.79 Å². The molecule has 1 unspecified atom stereocenters. The van der Waals surface area contributed by atoms with Crippen molar-refractivity contribution in [3.8, 4) is 0 Å². The Morgan fingerprint density at radius 3 is 2.52 bits per heavy atom. The zero-order valence-electron chi connectivity index (χ0n) is 13.2. The van der Waals surface area contributed by atoms with Crippen LogP contribution in [0.15, 0.2) is 53.6 Å². The van der Waals surface area contributed by atoms with E-state index in [0.29, 0.717) is 6.54 Å². The molecule has 3 N–H and O–H groups in total. The van der Waals surface area contributed by atoms with Gasteiger partial charge >= 0.3 is 0 Å². The van der Waals surface area contributed by atoms with Crippen molar-refractivity contribution in [2.75, 3.05) is 6.54 Å². The van der Waals surface area contributed by atoms with Crippen LogP contribution in [0.3, 0.4) is 0 Å². The molecule has 0 radical (unpaired) electrons. The fraction of sp³-hybridized carbons (Fsp3) is 0.389. The summed E-state index contributed by atoms with van der Waals surface area (Å²) < 4.78 is 0. The van der Waals surface area contributed by atoms with Crippen LogP contribution in [0, 0.1) is 0 Å². The van der Waals surface area contributed by atoms with Crippen LogP contribution in [0.5, 0.6) is 0 Å². The van der Waals surface area contributed by atoms with E-state index in [2.05, 4.69) is 25.2 Å². The molecule has 0 spiro atoms. The molecule has 0 saturated heterocycles. The van der Waals surface area contributed by atoms with E-state index in [1.165, 1.54) is 5.57 Å². The summed E-state index contributed by atoms with van der Waals surface area (Å²) >= 11 is 0. The quantitative estimate of drug-likeness (QED) is 0.595. The monoisotopic (exact) mass is 286 g/mol. The zero-order valence-corrected chi connectivity index (χ0v) is 13.2. The van der Waals surface area contributed by atoms with Crippen LogP contribution in [-0.4, -0.2) is 12.5 Å². The van der Waals surface area contributed by atoms with E-state index in [4.69, 9.17) is 5.73 Å². The second kappa shape index (κ2) is 9.14. The molecule has 0 saturated carbocycles. The van der Waals surface area contributed by atoms with Gasteiger partial charge in [0.15, 0.2) is 0 Å². The predicted octanol–water partition coefficient (Wildman–Crippen LogP) is 3.50. The summed E-state index contributed by atoms with van der Waals surface area (Å²) in [5.74, 6) is -0.0731. The third-order valence-corrected chi connectivity index (χ3v) is 3.19. The van der Waals surface area contributed by atoms with Gasteiger partial charge in [-0.3, -0.25) is 4.79 Å². The summed E-state index contributed by atoms with van der Waals surface area (Å²) in [5, 5.41) is 2.86. The maximum atomic E-state index is 11.8. The van der Waals surface area contributed by atoms with E-state index in [0.717, 1.165) is 24.0 Å². The van der Waals surface area contributed by atoms with Crippen molar-refractivity contribution in [2.24, 2.45) is 5.73 Å². The van der Waals surface area contributed by atoms with Gasteiger partial charge in [0.2, 0.25) is 5.91 Å². The molecule has 3 nitrogen and oxygen atoms in total. The summed E-state index contributed by atoms with van der Waals surface area (Å²) in [6.07, 6.45) is 5.72. The van der Waals surface area contributed by atoms with Gasteiger partial charge in [-0.25, -0.2) is 0 Å². The first-order valence-corrected chi connectivity index (χ1v) is 7.38. The van der Waals surface area contributed by atoms with E-state index >= 15 is 0 Å². The van der Waals surface area contributed by atoms with Crippen LogP contribution in [0.1, 0.15) is 45.2 Å². The molecule has 1 aromatic rings. The minimum absolute atomic E-state index is 0.0731. The van der Waals surface area contributed by atoms with Crippen LogP contribution < -0.4 is 11.1 Å². The van der Waals surface area contributed by atoms with E-state index < -0.39 is 0 Å². The highest BCUT2D eigenvalue weighted by Gasteiger charge is 2.06. The van der Waals surface area contributed by atoms with Crippen molar-refractivity contribution < 1.29 is 4.79 Å². The molecule has 21 heavy (non-hydrogen) atoms. The lowest BCUT2D eigenvalue weighted by molar-refractivity contribution is -0.116. The molecule has 0 aromatic heterocycles. The van der Waals surface area contributed by atoms with Crippen molar-refractivity contribution >= 4 is 5.91 Å². The summed E-state index contributed by atoms with van der Waals surface area (Å²) in [4.78, 5) is 11.8. The number of rotatable bonds is 7. The van der Waals surface area contributed by atoms with E-state index in [1.54, 1.807) is 6.08 Å². The zero-order chi connectivity index (χ0) is 15.7. The van der Waals surface area contributed by atoms with Gasteiger partial charge in [-0.1, -0.05) is 47.6 Å². The Bertz CT molecular complexity index is 499. The molecule has 0 bridgehead atoms. The lowest BCUT2D eigenvalue weighted by Gasteiger charge is -2.12. The van der Waals surface area contributed by atoms with Gasteiger partial charge in [0.05, 0.1) is 0 Å². The molecule has 1 atom stereocenters. The number of carbonyl (C=O) groups is 1.